The Morgan fingerprint density at radius 3 is 2.18 bits per heavy atom. The summed E-state index contributed by atoms with van der Waals surface area (Å²) in [5.41, 5.74) is 4.84. The third kappa shape index (κ3) is 2.52. The van der Waals surface area contributed by atoms with Crippen LogP contribution in [0.3, 0.4) is 0 Å². The zero-order chi connectivity index (χ0) is 15.7. The van der Waals surface area contributed by atoms with E-state index >= 15 is 0 Å². The number of allylic oxidation sites excluding steroid dienone is 4. The van der Waals surface area contributed by atoms with Crippen LogP contribution < -0.4 is 0 Å². The van der Waals surface area contributed by atoms with Crippen LogP contribution in [0, 0.1) is 0 Å². The maximum absolute atomic E-state index is 14.9. The molecule has 0 unspecified atom stereocenters. The molecule has 1 aliphatic carbocycles. The minimum Gasteiger partial charge on any atom is -0.295 e. The lowest BCUT2D eigenvalue weighted by Gasteiger charge is -2.05. The van der Waals surface area contributed by atoms with Gasteiger partial charge >= 0.3 is 0 Å². The first-order chi connectivity index (χ1) is 10.6. The highest BCUT2D eigenvalue weighted by atomic mass is 19.1. The van der Waals surface area contributed by atoms with Crippen molar-refractivity contribution in [3.8, 4) is 0 Å². The molecule has 110 valence electrons. The van der Waals surface area contributed by atoms with Crippen molar-refractivity contribution in [1.29, 1.82) is 0 Å². The van der Waals surface area contributed by atoms with Crippen LogP contribution in [0.25, 0.3) is 11.1 Å². The van der Waals surface area contributed by atoms with Crippen molar-refractivity contribution in [1.82, 2.24) is 0 Å². The smallest absolute Gasteiger partial charge is 0.159 e. The Hall–Kier alpha value is -2.48. The molecule has 0 saturated heterocycles. The zero-order valence-corrected chi connectivity index (χ0v) is 12.7. The summed E-state index contributed by atoms with van der Waals surface area (Å²) in [7, 11) is 0. The monoisotopic (exact) mass is 292 g/mol. The minimum absolute atomic E-state index is 0.0201. The average molecular weight is 292 g/mol. The summed E-state index contributed by atoms with van der Waals surface area (Å²) in [5.74, 6) is -0.133. The Morgan fingerprint density at radius 2 is 1.59 bits per heavy atom. The molecule has 1 aliphatic rings. The maximum atomic E-state index is 14.9. The highest BCUT2D eigenvalue weighted by Crippen LogP contribution is 2.43. The molecule has 0 spiro atoms. The van der Waals surface area contributed by atoms with Crippen molar-refractivity contribution >= 4 is 16.9 Å². The van der Waals surface area contributed by atoms with Crippen LogP contribution in [0.1, 0.15) is 41.8 Å². The number of ketones is 1. The Bertz CT molecular complexity index is 780. The molecule has 2 heteroatoms. The fourth-order valence-electron chi connectivity index (χ4n) is 2.88. The van der Waals surface area contributed by atoms with Crippen LogP contribution >= 0.6 is 0 Å². The number of carbonyl (C=O) groups is 1. The number of Topliss-reactive ketones (excluding diaryl/α,β-unsaturated/α-hetero) is 1. The molecule has 0 bridgehead atoms. The second-order valence-electron chi connectivity index (χ2n) is 5.62. The number of benzene rings is 2. The van der Waals surface area contributed by atoms with Crippen LogP contribution in [-0.4, -0.2) is 5.78 Å². The van der Waals surface area contributed by atoms with Gasteiger partial charge in [0, 0.05) is 11.1 Å². The van der Waals surface area contributed by atoms with E-state index in [1.54, 1.807) is 12.1 Å². The van der Waals surface area contributed by atoms with E-state index in [1.165, 1.54) is 6.92 Å². The third-order valence-corrected chi connectivity index (χ3v) is 4.06. The van der Waals surface area contributed by atoms with Crippen molar-refractivity contribution in [2.45, 2.75) is 20.3 Å². The van der Waals surface area contributed by atoms with Gasteiger partial charge in [-0.25, -0.2) is 4.39 Å². The van der Waals surface area contributed by atoms with E-state index < -0.39 is 0 Å². The molecule has 0 saturated carbocycles. The first-order valence-corrected chi connectivity index (χ1v) is 7.33. The SMILES string of the molecule is CC(=O)c1ccc(C2=C(F)C(c3ccccc3)=C(C)C2)cc1. The van der Waals surface area contributed by atoms with Crippen LogP contribution in [0.2, 0.25) is 0 Å². The number of hydrogen-bond acceptors (Lipinski definition) is 1. The second-order valence-corrected chi connectivity index (χ2v) is 5.62. The van der Waals surface area contributed by atoms with Gasteiger partial charge in [-0.15, -0.1) is 0 Å². The average Bonchev–Trinajstić information content (AvgIpc) is 2.83. The molecule has 2 aromatic rings. The van der Waals surface area contributed by atoms with E-state index in [2.05, 4.69) is 0 Å². The van der Waals surface area contributed by atoms with Crippen molar-refractivity contribution in [3.05, 3.63) is 82.7 Å². The first-order valence-electron chi connectivity index (χ1n) is 7.33. The Kier molecular flexibility index (Phi) is 3.76. The molecule has 0 aliphatic heterocycles. The van der Waals surface area contributed by atoms with Gasteiger partial charge in [-0.1, -0.05) is 60.2 Å². The summed E-state index contributed by atoms with van der Waals surface area (Å²) >= 11 is 0. The summed E-state index contributed by atoms with van der Waals surface area (Å²) in [5, 5.41) is 0. The van der Waals surface area contributed by atoms with E-state index in [4.69, 9.17) is 0 Å². The number of rotatable bonds is 3. The van der Waals surface area contributed by atoms with Crippen LogP contribution in [-0.2, 0) is 0 Å². The molecule has 0 heterocycles. The highest BCUT2D eigenvalue weighted by Gasteiger charge is 2.24. The third-order valence-electron chi connectivity index (χ3n) is 4.06. The predicted octanol–water partition coefficient (Wildman–Crippen LogP) is 5.45. The maximum Gasteiger partial charge on any atom is 0.159 e. The molecule has 0 radical (unpaired) electrons. The molecular weight excluding hydrogens is 275 g/mol. The van der Waals surface area contributed by atoms with Gasteiger partial charge in [0.25, 0.3) is 0 Å². The molecule has 0 fully saturated rings. The quantitative estimate of drug-likeness (QED) is 0.688. The van der Waals surface area contributed by atoms with Gasteiger partial charge in [-0.3, -0.25) is 4.79 Å². The molecule has 22 heavy (non-hydrogen) atoms. The summed E-state index contributed by atoms with van der Waals surface area (Å²) in [4.78, 5) is 11.3. The van der Waals surface area contributed by atoms with Gasteiger partial charge in [-0.2, -0.15) is 0 Å². The van der Waals surface area contributed by atoms with E-state index in [0.717, 1.165) is 16.7 Å². The van der Waals surface area contributed by atoms with Crippen LogP contribution in [0.5, 0.6) is 0 Å². The van der Waals surface area contributed by atoms with Gasteiger partial charge in [0.05, 0.1) is 0 Å². The summed E-state index contributed by atoms with van der Waals surface area (Å²) in [6.07, 6.45) is 0.607. The lowest BCUT2D eigenvalue weighted by molar-refractivity contribution is 0.101. The summed E-state index contributed by atoms with van der Waals surface area (Å²) < 4.78 is 14.9. The molecule has 0 N–H and O–H groups in total. The standard InChI is InChI=1S/C20H17FO/c1-13-12-18(16-10-8-15(9-11-16)14(2)22)20(21)19(13)17-6-4-3-5-7-17/h3-11H,12H2,1-2H3. The van der Waals surface area contributed by atoms with E-state index in [0.29, 0.717) is 23.1 Å². The Balaban J connectivity index is 2.00. The fourth-order valence-corrected chi connectivity index (χ4v) is 2.88. The second kappa shape index (κ2) is 5.72. The molecular formula is C20H17FO. The van der Waals surface area contributed by atoms with Gasteiger partial charge in [0.1, 0.15) is 5.83 Å². The summed E-state index contributed by atoms with van der Waals surface area (Å²) in [6.45, 7) is 3.50. The zero-order valence-electron chi connectivity index (χ0n) is 12.7. The molecule has 1 nitrogen and oxygen atoms in total. The van der Waals surface area contributed by atoms with Crippen molar-refractivity contribution in [2.24, 2.45) is 0 Å². The molecule has 2 aromatic carbocycles. The van der Waals surface area contributed by atoms with Crippen LogP contribution in [0.4, 0.5) is 4.39 Å². The van der Waals surface area contributed by atoms with Crippen molar-refractivity contribution in [3.63, 3.8) is 0 Å². The van der Waals surface area contributed by atoms with E-state index in [-0.39, 0.29) is 11.6 Å². The first kappa shape index (κ1) is 14.5. The van der Waals surface area contributed by atoms with Crippen LogP contribution in [0.15, 0.2) is 66.0 Å². The Morgan fingerprint density at radius 1 is 0.955 bits per heavy atom. The van der Waals surface area contributed by atoms with E-state index in [1.807, 2.05) is 49.4 Å². The highest BCUT2D eigenvalue weighted by molar-refractivity contribution is 5.96. The lowest BCUT2D eigenvalue weighted by atomic mass is 10.0. The molecule has 0 atom stereocenters. The minimum atomic E-state index is -0.153. The van der Waals surface area contributed by atoms with Gasteiger partial charge < -0.3 is 0 Å². The predicted molar refractivity (Wildman–Crippen MR) is 88.1 cm³/mol. The topological polar surface area (TPSA) is 17.1 Å². The molecule has 0 amide bonds. The van der Waals surface area contributed by atoms with E-state index in [9.17, 15) is 9.18 Å². The summed E-state index contributed by atoms with van der Waals surface area (Å²) in [6, 6.07) is 16.8. The largest absolute Gasteiger partial charge is 0.295 e. The number of halogens is 1. The Labute approximate surface area is 129 Å². The van der Waals surface area contributed by atoms with Crippen molar-refractivity contribution < 1.29 is 9.18 Å². The van der Waals surface area contributed by atoms with Gasteiger partial charge in [0.2, 0.25) is 0 Å². The van der Waals surface area contributed by atoms with Gasteiger partial charge in [0.15, 0.2) is 5.78 Å². The fraction of sp³-hybridized carbons (Fsp3) is 0.150. The number of carbonyl (C=O) groups excluding carboxylic acids is 1. The number of hydrogen-bond donors (Lipinski definition) is 0. The van der Waals surface area contributed by atoms with Crippen molar-refractivity contribution in [2.75, 3.05) is 0 Å². The molecule has 0 aromatic heterocycles. The normalized spacial score (nSPS) is 14.7. The van der Waals surface area contributed by atoms with Gasteiger partial charge in [-0.05, 0) is 37.0 Å². The lowest BCUT2D eigenvalue weighted by Crippen LogP contribution is -1.92. The molecule has 3 rings (SSSR count).